The number of aromatic hydroxyl groups is 1. The predicted octanol–water partition coefficient (Wildman–Crippen LogP) is 5.95. The number of piperidine rings is 1. The minimum absolute atomic E-state index is 0.160. The van der Waals surface area contributed by atoms with Crippen LogP contribution in [0, 0.1) is 12.8 Å². The molecule has 0 aromatic heterocycles. The van der Waals surface area contributed by atoms with E-state index < -0.39 is 0 Å². The summed E-state index contributed by atoms with van der Waals surface area (Å²) in [6.45, 7) is 15.1. The predicted molar refractivity (Wildman–Crippen MR) is 126 cm³/mol. The summed E-state index contributed by atoms with van der Waals surface area (Å²) >= 11 is 0. The molecular weight excluding hydrogens is 366 g/mol. The molecule has 2 aromatic carbocycles. The van der Waals surface area contributed by atoms with Gasteiger partial charge in [-0.25, -0.2) is 0 Å². The van der Waals surface area contributed by atoms with Gasteiger partial charge >= 0.3 is 0 Å². The molecule has 1 N–H and O–H groups in total. The third-order valence-corrected chi connectivity index (χ3v) is 8.33. The number of phenolic OH excluding ortho intramolecular Hbond substituents is 1. The van der Waals surface area contributed by atoms with Crippen LogP contribution in [0.5, 0.6) is 5.75 Å². The standard InChI is InChI=1S/C28H37NO/c1-20(2)12-15-29(16-13-23-8-6-21(3)7-9-23)17-14-28(5)22(4)27(29)18-24-10-11-25(30)19-26(24)28/h6-12,19,22,27H,13-18H2,1-5H3/p+1. The van der Waals surface area contributed by atoms with Crippen LogP contribution in [0.1, 0.15) is 56.4 Å². The van der Waals surface area contributed by atoms with E-state index in [1.165, 1.54) is 51.8 Å². The summed E-state index contributed by atoms with van der Waals surface area (Å²) in [4.78, 5) is 0. The Bertz CT molecular complexity index is 940. The second kappa shape index (κ2) is 7.89. The third kappa shape index (κ3) is 3.71. The van der Waals surface area contributed by atoms with E-state index in [4.69, 9.17) is 0 Å². The number of phenols is 1. The van der Waals surface area contributed by atoms with Gasteiger partial charge < -0.3 is 9.59 Å². The summed E-state index contributed by atoms with van der Waals surface area (Å²) in [5, 5.41) is 10.2. The average molecular weight is 405 g/mol. The lowest BCUT2D eigenvalue weighted by Crippen LogP contribution is -2.68. The van der Waals surface area contributed by atoms with Crippen molar-refractivity contribution in [2.24, 2.45) is 5.92 Å². The lowest BCUT2D eigenvalue weighted by Gasteiger charge is -2.59. The van der Waals surface area contributed by atoms with Gasteiger partial charge in [-0.1, -0.05) is 55.3 Å². The van der Waals surface area contributed by atoms with Crippen LogP contribution in [0.15, 0.2) is 54.1 Å². The average Bonchev–Trinajstić information content (AvgIpc) is 2.71. The number of allylic oxidation sites excluding steroid dienone is 1. The van der Waals surface area contributed by atoms with Gasteiger partial charge in [0.2, 0.25) is 0 Å². The SMILES string of the molecule is CC(C)=CC[N+]1(CCc2ccc(C)cc2)CCC2(C)c3cc(O)ccc3CC1C2C. The summed E-state index contributed by atoms with van der Waals surface area (Å²) in [6, 6.07) is 15.8. The van der Waals surface area contributed by atoms with Crippen LogP contribution in [-0.2, 0) is 18.3 Å². The molecule has 2 aromatic rings. The number of likely N-dealkylation sites (tertiary alicyclic amines) is 1. The Morgan fingerprint density at radius 3 is 2.60 bits per heavy atom. The van der Waals surface area contributed by atoms with Crippen molar-refractivity contribution in [2.45, 2.75) is 65.3 Å². The lowest BCUT2D eigenvalue weighted by molar-refractivity contribution is -0.956. The van der Waals surface area contributed by atoms with Gasteiger partial charge in [0, 0.05) is 30.6 Å². The van der Waals surface area contributed by atoms with Gasteiger partial charge in [-0.05, 0) is 55.7 Å². The molecule has 1 saturated heterocycles. The molecule has 0 amide bonds. The first-order valence-corrected chi connectivity index (χ1v) is 11.6. The first-order valence-electron chi connectivity index (χ1n) is 11.6. The quantitative estimate of drug-likeness (QED) is 0.482. The number of fused-ring (bicyclic) bond motifs is 4. The fraction of sp³-hybridized carbons (Fsp3) is 0.500. The van der Waals surface area contributed by atoms with Crippen LogP contribution in [0.25, 0.3) is 0 Å². The van der Waals surface area contributed by atoms with E-state index in [2.05, 4.69) is 71.0 Å². The fourth-order valence-corrected chi connectivity index (χ4v) is 6.06. The lowest BCUT2D eigenvalue weighted by atomic mass is 9.58. The van der Waals surface area contributed by atoms with E-state index in [-0.39, 0.29) is 5.41 Å². The van der Waals surface area contributed by atoms with Crippen LogP contribution >= 0.6 is 0 Å². The number of benzene rings is 2. The molecule has 30 heavy (non-hydrogen) atoms. The van der Waals surface area contributed by atoms with E-state index >= 15 is 0 Å². The van der Waals surface area contributed by atoms with Gasteiger partial charge in [0.25, 0.3) is 0 Å². The Morgan fingerprint density at radius 2 is 1.90 bits per heavy atom. The van der Waals surface area contributed by atoms with Crippen LogP contribution in [0.3, 0.4) is 0 Å². The Morgan fingerprint density at radius 1 is 1.17 bits per heavy atom. The molecule has 2 aliphatic rings. The van der Waals surface area contributed by atoms with E-state index in [0.717, 1.165) is 19.4 Å². The number of nitrogens with zero attached hydrogens (tertiary/aromatic N) is 1. The second-order valence-electron chi connectivity index (χ2n) is 10.4. The largest absolute Gasteiger partial charge is 0.508 e. The second-order valence-corrected chi connectivity index (χ2v) is 10.4. The highest BCUT2D eigenvalue weighted by molar-refractivity contribution is 5.43. The third-order valence-electron chi connectivity index (χ3n) is 8.33. The Labute approximate surface area is 182 Å². The smallest absolute Gasteiger partial charge is 0.115 e. The highest BCUT2D eigenvalue weighted by atomic mass is 16.3. The van der Waals surface area contributed by atoms with Crippen molar-refractivity contribution in [1.82, 2.24) is 0 Å². The van der Waals surface area contributed by atoms with Crippen molar-refractivity contribution in [3.8, 4) is 5.75 Å². The zero-order valence-electron chi connectivity index (χ0n) is 19.4. The van der Waals surface area contributed by atoms with E-state index in [0.29, 0.717) is 17.7 Å². The maximum absolute atomic E-state index is 10.2. The molecule has 4 rings (SSSR count). The summed E-state index contributed by atoms with van der Waals surface area (Å²) in [5.74, 6) is 1.01. The molecule has 1 heterocycles. The van der Waals surface area contributed by atoms with Crippen LogP contribution in [0.4, 0.5) is 0 Å². The van der Waals surface area contributed by atoms with Crippen LogP contribution < -0.4 is 0 Å². The van der Waals surface area contributed by atoms with Crippen molar-refractivity contribution in [1.29, 1.82) is 0 Å². The van der Waals surface area contributed by atoms with Gasteiger partial charge in [-0.3, -0.25) is 0 Å². The number of aryl methyl sites for hydroxylation is 1. The molecule has 4 atom stereocenters. The molecular formula is C28H38NO+. The van der Waals surface area contributed by atoms with Crippen molar-refractivity contribution in [3.63, 3.8) is 0 Å². The van der Waals surface area contributed by atoms with Crippen molar-refractivity contribution in [2.75, 3.05) is 19.6 Å². The number of rotatable bonds is 5. The van der Waals surface area contributed by atoms with Crippen LogP contribution in [0.2, 0.25) is 0 Å². The molecule has 4 unspecified atom stereocenters. The zero-order chi connectivity index (χ0) is 21.5. The maximum atomic E-state index is 10.2. The zero-order valence-corrected chi connectivity index (χ0v) is 19.4. The molecule has 1 aliphatic heterocycles. The van der Waals surface area contributed by atoms with Gasteiger partial charge in [-0.2, -0.15) is 0 Å². The molecule has 1 aliphatic carbocycles. The Kier molecular flexibility index (Phi) is 5.57. The maximum Gasteiger partial charge on any atom is 0.115 e. The molecule has 0 saturated carbocycles. The molecule has 160 valence electrons. The summed E-state index contributed by atoms with van der Waals surface area (Å²) < 4.78 is 1.19. The summed E-state index contributed by atoms with van der Waals surface area (Å²) in [5.41, 5.74) is 7.22. The minimum atomic E-state index is 0.160. The number of quaternary nitrogens is 1. The van der Waals surface area contributed by atoms with Gasteiger partial charge in [0.1, 0.15) is 5.75 Å². The molecule has 2 bridgehead atoms. The van der Waals surface area contributed by atoms with E-state index in [1.54, 1.807) is 0 Å². The number of hydrogen-bond donors (Lipinski definition) is 1. The van der Waals surface area contributed by atoms with Crippen molar-refractivity contribution < 1.29 is 9.59 Å². The van der Waals surface area contributed by atoms with Crippen molar-refractivity contribution in [3.05, 3.63) is 76.4 Å². The summed E-state index contributed by atoms with van der Waals surface area (Å²) in [6.07, 6.45) is 5.92. The highest BCUT2D eigenvalue weighted by Crippen LogP contribution is 2.51. The topological polar surface area (TPSA) is 20.2 Å². The van der Waals surface area contributed by atoms with E-state index in [9.17, 15) is 5.11 Å². The van der Waals surface area contributed by atoms with Gasteiger partial charge in [0.05, 0.1) is 25.7 Å². The molecule has 0 radical (unpaired) electrons. The number of hydrogen-bond acceptors (Lipinski definition) is 1. The van der Waals surface area contributed by atoms with Gasteiger partial charge in [0.15, 0.2) is 0 Å². The first kappa shape index (κ1) is 21.2. The fourth-order valence-electron chi connectivity index (χ4n) is 6.06. The molecule has 0 spiro atoms. The highest BCUT2D eigenvalue weighted by Gasteiger charge is 2.55. The van der Waals surface area contributed by atoms with E-state index in [1.807, 2.05) is 12.1 Å². The minimum Gasteiger partial charge on any atom is -0.508 e. The Balaban J connectivity index is 1.69. The molecule has 2 nitrogen and oxygen atoms in total. The molecule has 2 heteroatoms. The normalized spacial score (nSPS) is 29.9. The van der Waals surface area contributed by atoms with Crippen molar-refractivity contribution >= 4 is 0 Å². The van der Waals surface area contributed by atoms with Gasteiger partial charge in [-0.15, -0.1) is 0 Å². The monoisotopic (exact) mass is 404 g/mol. The first-order chi connectivity index (χ1) is 14.2. The van der Waals surface area contributed by atoms with Crippen LogP contribution in [-0.4, -0.2) is 35.3 Å². The molecule has 1 fully saturated rings. The summed E-state index contributed by atoms with van der Waals surface area (Å²) in [7, 11) is 0. The Hall–Kier alpha value is -2.06.